The quantitative estimate of drug-likeness (QED) is 0.753. The van der Waals surface area contributed by atoms with Crippen LogP contribution in [0.1, 0.15) is 18.9 Å². The molecule has 0 spiro atoms. The highest BCUT2D eigenvalue weighted by Gasteiger charge is 2.02. The van der Waals surface area contributed by atoms with Gasteiger partial charge in [0.1, 0.15) is 5.82 Å². The van der Waals surface area contributed by atoms with Crippen molar-refractivity contribution in [1.29, 1.82) is 0 Å². The van der Waals surface area contributed by atoms with Gasteiger partial charge in [0.05, 0.1) is 5.38 Å². The molecule has 1 rings (SSSR count). The van der Waals surface area contributed by atoms with Crippen molar-refractivity contribution in [1.82, 2.24) is 4.98 Å². The Balaban J connectivity index is 2.50. The van der Waals surface area contributed by atoms with Gasteiger partial charge in [0, 0.05) is 12.7 Å². The van der Waals surface area contributed by atoms with Gasteiger partial charge in [-0.3, -0.25) is 0 Å². The predicted molar refractivity (Wildman–Crippen MR) is 57.4 cm³/mol. The van der Waals surface area contributed by atoms with E-state index in [2.05, 4.69) is 17.2 Å². The Morgan fingerprint density at radius 2 is 2.38 bits per heavy atom. The summed E-state index contributed by atoms with van der Waals surface area (Å²) < 4.78 is 0. The molecule has 0 aliphatic carbocycles. The maximum atomic E-state index is 5.98. The number of halogens is 1. The molecule has 0 aromatic carbocycles. The van der Waals surface area contributed by atoms with Crippen LogP contribution in [0.3, 0.4) is 0 Å². The molecule has 0 amide bonds. The molecule has 0 aliphatic rings. The summed E-state index contributed by atoms with van der Waals surface area (Å²) in [5, 5.41) is 3.40. The van der Waals surface area contributed by atoms with Crippen LogP contribution < -0.4 is 5.32 Å². The number of hydrogen-bond acceptors (Lipinski definition) is 2. The summed E-state index contributed by atoms with van der Waals surface area (Å²) in [5.74, 6) is 0.932. The van der Waals surface area contributed by atoms with E-state index in [0.717, 1.165) is 24.3 Å². The van der Waals surface area contributed by atoms with E-state index in [1.165, 1.54) is 0 Å². The van der Waals surface area contributed by atoms with Crippen LogP contribution in [0, 0.1) is 6.92 Å². The van der Waals surface area contributed by atoms with Crippen LogP contribution in [0.2, 0.25) is 0 Å². The van der Waals surface area contributed by atoms with E-state index in [1.807, 2.05) is 19.1 Å². The van der Waals surface area contributed by atoms with Crippen LogP contribution in [-0.4, -0.2) is 16.9 Å². The Bertz CT molecular complexity index is 263. The maximum Gasteiger partial charge on any atom is 0.128 e. The molecule has 0 saturated carbocycles. The number of anilines is 1. The van der Waals surface area contributed by atoms with E-state index >= 15 is 0 Å². The minimum atomic E-state index is 0.182. The summed E-state index contributed by atoms with van der Waals surface area (Å²) >= 11 is 5.98. The van der Waals surface area contributed by atoms with Crippen LogP contribution in [0.5, 0.6) is 0 Å². The van der Waals surface area contributed by atoms with Gasteiger partial charge >= 0.3 is 0 Å². The van der Waals surface area contributed by atoms with Gasteiger partial charge in [-0.1, -0.05) is 13.0 Å². The molecule has 0 bridgehead atoms. The van der Waals surface area contributed by atoms with Crippen LogP contribution in [0.25, 0.3) is 0 Å². The Morgan fingerprint density at radius 3 is 3.00 bits per heavy atom. The molecule has 1 heterocycles. The summed E-state index contributed by atoms with van der Waals surface area (Å²) in [4.78, 5) is 4.21. The first-order chi connectivity index (χ1) is 6.24. The Hall–Kier alpha value is -0.760. The minimum absolute atomic E-state index is 0.182. The maximum absolute atomic E-state index is 5.98. The fourth-order valence-electron chi connectivity index (χ4n) is 1.02. The molecule has 3 heteroatoms. The number of nitrogens with zero attached hydrogens (tertiary/aromatic N) is 1. The summed E-state index contributed by atoms with van der Waals surface area (Å²) in [5.41, 5.74) is 1.16. The van der Waals surface area contributed by atoms with E-state index in [0.29, 0.717) is 0 Å². The largest absolute Gasteiger partial charge is 0.368 e. The van der Waals surface area contributed by atoms with E-state index in [-0.39, 0.29) is 5.38 Å². The lowest BCUT2D eigenvalue weighted by Gasteiger charge is -2.10. The Morgan fingerprint density at radius 1 is 1.62 bits per heavy atom. The second-order valence-electron chi connectivity index (χ2n) is 3.06. The zero-order valence-corrected chi connectivity index (χ0v) is 8.80. The number of aryl methyl sites for hydroxylation is 1. The Kier molecular flexibility index (Phi) is 4.03. The van der Waals surface area contributed by atoms with Gasteiger partial charge in [0.25, 0.3) is 0 Å². The monoisotopic (exact) mass is 198 g/mol. The molecule has 1 aromatic rings. The third-order valence-electron chi connectivity index (χ3n) is 1.94. The fourth-order valence-corrected chi connectivity index (χ4v) is 1.10. The van der Waals surface area contributed by atoms with Gasteiger partial charge in [-0.15, -0.1) is 11.6 Å². The molecule has 2 nitrogen and oxygen atoms in total. The smallest absolute Gasteiger partial charge is 0.128 e. The highest BCUT2D eigenvalue weighted by Crippen LogP contribution is 2.10. The van der Waals surface area contributed by atoms with Gasteiger partial charge in [-0.25, -0.2) is 4.98 Å². The van der Waals surface area contributed by atoms with Gasteiger partial charge < -0.3 is 5.32 Å². The third-order valence-corrected chi connectivity index (χ3v) is 2.41. The van der Waals surface area contributed by atoms with Crippen molar-refractivity contribution < 1.29 is 0 Å². The molecular formula is C10H15ClN2. The Labute approximate surface area is 84.3 Å². The molecular weight excluding hydrogens is 184 g/mol. The molecule has 0 saturated heterocycles. The molecule has 0 fully saturated rings. The second-order valence-corrected chi connectivity index (χ2v) is 3.67. The first-order valence-electron chi connectivity index (χ1n) is 4.53. The summed E-state index contributed by atoms with van der Waals surface area (Å²) in [7, 11) is 0. The summed E-state index contributed by atoms with van der Waals surface area (Å²) in [6.07, 6.45) is 2.75. The number of alkyl halides is 1. The molecule has 1 unspecified atom stereocenters. The van der Waals surface area contributed by atoms with E-state index in [1.54, 1.807) is 6.20 Å². The van der Waals surface area contributed by atoms with Crippen molar-refractivity contribution in [3.05, 3.63) is 23.9 Å². The highest BCUT2D eigenvalue weighted by atomic mass is 35.5. The SMILES string of the molecule is CCC(Cl)CNc1ncccc1C. The lowest BCUT2D eigenvalue weighted by Crippen LogP contribution is -2.14. The molecule has 1 atom stereocenters. The van der Waals surface area contributed by atoms with E-state index in [4.69, 9.17) is 11.6 Å². The topological polar surface area (TPSA) is 24.9 Å². The number of rotatable bonds is 4. The summed E-state index contributed by atoms with van der Waals surface area (Å²) in [6, 6.07) is 3.96. The van der Waals surface area contributed by atoms with Crippen molar-refractivity contribution >= 4 is 17.4 Å². The van der Waals surface area contributed by atoms with Crippen LogP contribution in [0.15, 0.2) is 18.3 Å². The van der Waals surface area contributed by atoms with Gasteiger partial charge in [0.15, 0.2) is 0 Å². The highest BCUT2D eigenvalue weighted by molar-refractivity contribution is 6.20. The minimum Gasteiger partial charge on any atom is -0.368 e. The molecule has 13 heavy (non-hydrogen) atoms. The number of aromatic nitrogens is 1. The lowest BCUT2D eigenvalue weighted by atomic mass is 10.3. The van der Waals surface area contributed by atoms with Gasteiger partial charge in [-0.05, 0) is 25.0 Å². The van der Waals surface area contributed by atoms with Crippen LogP contribution in [-0.2, 0) is 0 Å². The van der Waals surface area contributed by atoms with Gasteiger partial charge in [-0.2, -0.15) is 0 Å². The van der Waals surface area contributed by atoms with Crippen molar-refractivity contribution in [2.75, 3.05) is 11.9 Å². The average molecular weight is 199 g/mol. The van der Waals surface area contributed by atoms with Gasteiger partial charge in [0.2, 0.25) is 0 Å². The van der Waals surface area contributed by atoms with Crippen molar-refractivity contribution in [3.8, 4) is 0 Å². The van der Waals surface area contributed by atoms with E-state index < -0.39 is 0 Å². The first kappa shape index (κ1) is 10.3. The second kappa shape index (κ2) is 5.07. The van der Waals surface area contributed by atoms with Crippen molar-refractivity contribution in [3.63, 3.8) is 0 Å². The predicted octanol–water partition coefficient (Wildman–Crippen LogP) is 2.82. The van der Waals surface area contributed by atoms with E-state index in [9.17, 15) is 0 Å². The first-order valence-corrected chi connectivity index (χ1v) is 4.97. The normalized spacial score (nSPS) is 12.5. The average Bonchev–Trinajstić information content (AvgIpc) is 2.16. The number of hydrogen-bond donors (Lipinski definition) is 1. The molecule has 0 aliphatic heterocycles. The van der Waals surface area contributed by atoms with Crippen molar-refractivity contribution in [2.45, 2.75) is 25.6 Å². The zero-order chi connectivity index (χ0) is 9.68. The fraction of sp³-hybridized carbons (Fsp3) is 0.500. The van der Waals surface area contributed by atoms with Crippen molar-refractivity contribution in [2.24, 2.45) is 0 Å². The number of pyridine rings is 1. The standard InChI is InChI=1S/C10H15ClN2/c1-3-9(11)7-13-10-8(2)5-4-6-12-10/h4-6,9H,3,7H2,1-2H3,(H,12,13). The molecule has 1 N–H and O–H groups in total. The van der Waals surface area contributed by atoms with Crippen LogP contribution >= 0.6 is 11.6 Å². The lowest BCUT2D eigenvalue weighted by molar-refractivity contribution is 0.839. The summed E-state index contributed by atoms with van der Waals surface area (Å²) in [6.45, 7) is 4.88. The van der Waals surface area contributed by atoms with Crippen LogP contribution in [0.4, 0.5) is 5.82 Å². The third kappa shape index (κ3) is 3.23. The molecule has 1 aromatic heterocycles. The number of nitrogens with one attached hydrogen (secondary N) is 1. The molecule has 72 valence electrons. The zero-order valence-electron chi connectivity index (χ0n) is 8.05. The molecule has 0 radical (unpaired) electrons.